The Labute approximate surface area is 107 Å². The molecule has 0 N–H and O–H groups in total. The van der Waals surface area contributed by atoms with E-state index in [1.165, 1.54) is 7.11 Å². The molecular formula is C12H17NO4S. The van der Waals surface area contributed by atoms with Gasteiger partial charge >= 0.3 is 5.97 Å². The Morgan fingerprint density at radius 3 is 2.50 bits per heavy atom. The van der Waals surface area contributed by atoms with Crippen LogP contribution in [0.3, 0.4) is 0 Å². The Morgan fingerprint density at radius 2 is 1.94 bits per heavy atom. The third kappa shape index (κ3) is 3.22. The second-order valence-corrected chi connectivity index (χ2v) is 6.05. The van der Waals surface area contributed by atoms with E-state index in [1.54, 1.807) is 43.1 Å². The minimum atomic E-state index is -3.31. The summed E-state index contributed by atoms with van der Waals surface area (Å²) in [4.78, 5) is 13.0. The Kier molecular flexibility index (Phi) is 4.72. The molecule has 1 aromatic carbocycles. The summed E-state index contributed by atoms with van der Waals surface area (Å²) in [7, 11) is -0.360. The van der Waals surface area contributed by atoms with Gasteiger partial charge in [-0.15, -0.1) is 0 Å². The van der Waals surface area contributed by atoms with Crippen molar-refractivity contribution in [2.45, 2.75) is 11.8 Å². The molecule has 0 aliphatic carbocycles. The standard InChI is InChI=1S/C12H17NO4S/c1-4-18(15,16)11-8-6-5-7-10(11)13(2)9-12(14)17-3/h5-8H,4,9H2,1-3H3. The summed E-state index contributed by atoms with van der Waals surface area (Å²) in [6, 6.07) is 6.61. The van der Waals surface area contributed by atoms with Gasteiger partial charge in [0.1, 0.15) is 6.54 Å². The van der Waals surface area contributed by atoms with E-state index in [1.807, 2.05) is 0 Å². The van der Waals surface area contributed by atoms with Crippen molar-refractivity contribution in [3.63, 3.8) is 0 Å². The molecule has 18 heavy (non-hydrogen) atoms. The SMILES string of the molecule is CCS(=O)(=O)c1ccccc1N(C)CC(=O)OC. The first kappa shape index (κ1) is 14.5. The second-order valence-electron chi connectivity index (χ2n) is 3.80. The van der Waals surface area contributed by atoms with Gasteiger partial charge in [0.2, 0.25) is 0 Å². The fourth-order valence-electron chi connectivity index (χ4n) is 1.53. The molecule has 0 atom stereocenters. The predicted molar refractivity (Wildman–Crippen MR) is 69.5 cm³/mol. The summed E-state index contributed by atoms with van der Waals surface area (Å²) in [6.45, 7) is 1.60. The Hall–Kier alpha value is -1.56. The maximum absolute atomic E-state index is 11.9. The molecule has 5 nitrogen and oxygen atoms in total. The van der Waals surface area contributed by atoms with Crippen LogP contribution in [-0.4, -0.2) is 40.8 Å². The zero-order valence-corrected chi connectivity index (χ0v) is 11.5. The van der Waals surface area contributed by atoms with Crippen LogP contribution in [0.2, 0.25) is 0 Å². The number of esters is 1. The molecule has 0 aliphatic heterocycles. The third-order valence-electron chi connectivity index (χ3n) is 2.59. The zero-order chi connectivity index (χ0) is 13.8. The van der Waals surface area contributed by atoms with Gasteiger partial charge in [0.15, 0.2) is 9.84 Å². The van der Waals surface area contributed by atoms with Crippen LogP contribution >= 0.6 is 0 Å². The Bertz CT molecular complexity index is 525. The van der Waals surface area contributed by atoms with Crippen molar-refractivity contribution in [3.8, 4) is 0 Å². The molecule has 100 valence electrons. The van der Waals surface area contributed by atoms with Gasteiger partial charge in [0, 0.05) is 7.05 Å². The number of anilines is 1. The molecule has 0 aromatic heterocycles. The van der Waals surface area contributed by atoms with E-state index in [2.05, 4.69) is 4.74 Å². The lowest BCUT2D eigenvalue weighted by atomic mass is 10.3. The highest BCUT2D eigenvalue weighted by atomic mass is 32.2. The first-order valence-electron chi connectivity index (χ1n) is 5.52. The average Bonchev–Trinajstić information content (AvgIpc) is 2.38. The fraction of sp³-hybridized carbons (Fsp3) is 0.417. The molecule has 0 saturated heterocycles. The van der Waals surface area contributed by atoms with E-state index in [0.29, 0.717) is 5.69 Å². The smallest absolute Gasteiger partial charge is 0.325 e. The van der Waals surface area contributed by atoms with Crippen molar-refractivity contribution < 1.29 is 17.9 Å². The van der Waals surface area contributed by atoms with Crippen LogP contribution in [0, 0.1) is 0 Å². The molecular weight excluding hydrogens is 254 g/mol. The number of hydrogen-bond acceptors (Lipinski definition) is 5. The summed E-state index contributed by atoms with van der Waals surface area (Å²) in [5.41, 5.74) is 0.504. The minimum absolute atomic E-state index is 0.00669. The van der Waals surface area contributed by atoms with Crippen LogP contribution in [0.1, 0.15) is 6.92 Å². The van der Waals surface area contributed by atoms with Gasteiger partial charge in [-0.2, -0.15) is 0 Å². The molecule has 1 rings (SSSR count). The largest absolute Gasteiger partial charge is 0.468 e. The van der Waals surface area contributed by atoms with Gasteiger partial charge in [-0.25, -0.2) is 8.42 Å². The number of carbonyl (C=O) groups excluding carboxylic acids is 1. The fourth-order valence-corrected chi connectivity index (χ4v) is 2.67. The van der Waals surface area contributed by atoms with E-state index in [9.17, 15) is 13.2 Å². The topological polar surface area (TPSA) is 63.7 Å². The highest BCUT2D eigenvalue weighted by Crippen LogP contribution is 2.24. The highest BCUT2D eigenvalue weighted by Gasteiger charge is 2.19. The van der Waals surface area contributed by atoms with Gasteiger partial charge in [0.25, 0.3) is 0 Å². The molecule has 0 saturated carbocycles. The van der Waals surface area contributed by atoms with Gasteiger partial charge in [0.05, 0.1) is 23.4 Å². The predicted octanol–water partition coefficient (Wildman–Crippen LogP) is 1.09. The summed E-state index contributed by atoms with van der Waals surface area (Å²) in [5.74, 6) is -0.392. The molecule has 0 heterocycles. The van der Waals surface area contributed by atoms with Gasteiger partial charge in [-0.3, -0.25) is 4.79 Å². The summed E-state index contributed by atoms with van der Waals surface area (Å²) in [5, 5.41) is 0. The van der Waals surface area contributed by atoms with E-state index in [-0.39, 0.29) is 17.2 Å². The maximum Gasteiger partial charge on any atom is 0.325 e. The zero-order valence-electron chi connectivity index (χ0n) is 10.7. The summed E-state index contributed by atoms with van der Waals surface area (Å²) in [6.07, 6.45) is 0. The first-order chi connectivity index (χ1) is 8.42. The van der Waals surface area contributed by atoms with E-state index in [4.69, 9.17) is 0 Å². The normalized spacial score (nSPS) is 11.1. The van der Waals surface area contributed by atoms with Gasteiger partial charge < -0.3 is 9.64 Å². The minimum Gasteiger partial charge on any atom is -0.468 e. The van der Waals surface area contributed by atoms with E-state index in [0.717, 1.165) is 0 Å². The molecule has 0 bridgehead atoms. The second kappa shape index (κ2) is 5.86. The number of rotatable bonds is 5. The van der Waals surface area contributed by atoms with Crippen molar-refractivity contribution >= 4 is 21.5 Å². The van der Waals surface area contributed by atoms with E-state index >= 15 is 0 Å². The first-order valence-corrected chi connectivity index (χ1v) is 7.17. The number of methoxy groups -OCH3 is 1. The van der Waals surface area contributed by atoms with Crippen molar-refractivity contribution in [1.82, 2.24) is 0 Å². The van der Waals surface area contributed by atoms with Crippen LogP contribution in [0.4, 0.5) is 5.69 Å². The average molecular weight is 271 g/mol. The summed E-state index contributed by atoms with van der Waals surface area (Å²) >= 11 is 0. The quantitative estimate of drug-likeness (QED) is 0.750. The number of nitrogens with zero attached hydrogens (tertiary/aromatic N) is 1. The lowest BCUT2D eigenvalue weighted by Gasteiger charge is -2.20. The Balaban J connectivity index is 3.14. The number of para-hydroxylation sites is 1. The van der Waals surface area contributed by atoms with Crippen LogP contribution in [0.5, 0.6) is 0 Å². The molecule has 0 amide bonds. The molecule has 0 radical (unpaired) electrons. The lowest BCUT2D eigenvalue weighted by Crippen LogP contribution is -2.27. The number of ether oxygens (including phenoxy) is 1. The Morgan fingerprint density at radius 1 is 1.33 bits per heavy atom. The number of hydrogen-bond donors (Lipinski definition) is 0. The lowest BCUT2D eigenvalue weighted by molar-refractivity contribution is -0.138. The number of benzene rings is 1. The molecule has 0 unspecified atom stereocenters. The van der Waals surface area contributed by atoms with Crippen LogP contribution < -0.4 is 4.90 Å². The van der Waals surface area contributed by atoms with Gasteiger partial charge in [-0.1, -0.05) is 19.1 Å². The van der Waals surface area contributed by atoms with Crippen LogP contribution in [0.15, 0.2) is 29.2 Å². The highest BCUT2D eigenvalue weighted by molar-refractivity contribution is 7.91. The number of sulfone groups is 1. The van der Waals surface area contributed by atoms with E-state index < -0.39 is 15.8 Å². The molecule has 6 heteroatoms. The number of carbonyl (C=O) groups is 1. The van der Waals surface area contributed by atoms with Crippen molar-refractivity contribution in [2.75, 3.05) is 31.4 Å². The monoisotopic (exact) mass is 271 g/mol. The van der Waals surface area contributed by atoms with Crippen LogP contribution in [-0.2, 0) is 19.4 Å². The maximum atomic E-state index is 11.9. The van der Waals surface area contributed by atoms with Crippen molar-refractivity contribution in [3.05, 3.63) is 24.3 Å². The molecule has 0 spiro atoms. The van der Waals surface area contributed by atoms with Crippen molar-refractivity contribution in [2.24, 2.45) is 0 Å². The molecule has 0 aliphatic rings. The summed E-state index contributed by atoms with van der Waals surface area (Å²) < 4.78 is 28.4. The molecule has 0 fully saturated rings. The van der Waals surface area contributed by atoms with Crippen LogP contribution in [0.25, 0.3) is 0 Å². The number of likely N-dealkylation sites (N-methyl/N-ethyl adjacent to an activating group) is 1. The van der Waals surface area contributed by atoms with Gasteiger partial charge in [-0.05, 0) is 12.1 Å². The third-order valence-corrected chi connectivity index (χ3v) is 4.36. The van der Waals surface area contributed by atoms with Crippen molar-refractivity contribution in [1.29, 1.82) is 0 Å². The molecule has 1 aromatic rings.